The molecule has 0 aromatic heterocycles. The van der Waals surface area contributed by atoms with E-state index in [2.05, 4.69) is 24.8 Å². The van der Waals surface area contributed by atoms with E-state index in [4.69, 9.17) is 9.84 Å². The zero-order chi connectivity index (χ0) is 13.9. The maximum absolute atomic E-state index is 5.33. The van der Waals surface area contributed by atoms with Gasteiger partial charge in [0.2, 0.25) is 0 Å². The van der Waals surface area contributed by atoms with Gasteiger partial charge >= 0.3 is 0 Å². The fraction of sp³-hybridized carbons (Fsp3) is 0.235. The minimum Gasteiger partial charge on any atom is -0.371 e. The summed E-state index contributed by atoms with van der Waals surface area (Å²) in [4.78, 5) is 0. The second-order valence-electron chi connectivity index (χ2n) is 5.02. The van der Waals surface area contributed by atoms with Gasteiger partial charge in [-0.05, 0) is 24.6 Å². The fourth-order valence-corrected chi connectivity index (χ4v) is 2.22. The Morgan fingerprint density at radius 2 is 2.15 bits per heavy atom. The zero-order valence-electron chi connectivity index (χ0n) is 11.6. The number of ether oxygens (including phenoxy) is 1. The van der Waals surface area contributed by atoms with Crippen molar-refractivity contribution < 1.29 is 4.74 Å². The summed E-state index contributed by atoms with van der Waals surface area (Å²) in [7, 11) is 0. The van der Waals surface area contributed by atoms with Crippen LogP contribution in [0.25, 0.3) is 0 Å². The van der Waals surface area contributed by atoms with Crippen LogP contribution >= 0.6 is 0 Å². The molecule has 20 heavy (non-hydrogen) atoms. The summed E-state index contributed by atoms with van der Waals surface area (Å²) in [6.07, 6.45) is 6.36. The summed E-state index contributed by atoms with van der Waals surface area (Å²) in [5.41, 5.74) is 4.17. The van der Waals surface area contributed by atoms with Crippen molar-refractivity contribution in [2.45, 2.75) is 13.0 Å². The number of allylic oxidation sites excluding steroid dienone is 5. The highest BCUT2D eigenvalue weighted by atomic mass is 16.6. The first-order chi connectivity index (χ1) is 9.74. The average molecular weight is 266 g/mol. The van der Waals surface area contributed by atoms with E-state index in [1.54, 1.807) is 0 Å². The molecule has 1 aromatic rings. The Hall–Kier alpha value is -2.13. The summed E-state index contributed by atoms with van der Waals surface area (Å²) in [5.74, 6) is 0. The van der Waals surface area contributed by atoms with Gasteiger partial charge in [-0.3, -0.25) is 5.01 Å². The Morgan fingerprint density at radius 1 is 1.40 bits per heavy atom. The van der Waals surface area contributed by atoms with Gasteiger partial charge in [-0.1, -0.05) is 43.0 Å². The number of anilines is 1. The van der Waals surface area contributed by atoms with Crippen LogP contribution in [0.15, 0.2) is 71.4 Å². The van der Waals surface area contributed by atoms with Crippen LogP contribution in [-0.2, 0) is 4.74 Å². The molecule has 0 radical (unpaired) electrons. The lowest BCUT2D eigenvalue weighted by Crippen LogP contribution is -2.23. The number of hydrogen-bond donors (Lipinski definition) is 0. The molecule has 0 spiro atoms. The summed E-state index contributed by atoms with van der Waals surface area (Å²) in [5, 5.41) is 6.77. The lowest BCUT2D eigenvalue weighted by atomic mass is 10.1. The highest BCUT2D eigenvalue weighted by Crippen LogP contribution is 2.22. The Labute approximate surface area is 119 Å². The summed E-state index contributed by atoms with van der Waals surface area (Å²) in [6.45, 7) is 7.67. The summed E-state index contributed by atoms with van der Waals surface area (Å²) >= 11 is 0. The van der Waals surface area contributed by atoms with Crippen LogP contribution < -0.4 is 5.01 Å². The van der Waals surface area contributed by atoms with Gasteiger partial charge in [-0.25, -0.2) is 0 Å². The molecular formula is C17H18N2O. The summed E-state index contributed by atoms with van der Waals surface area (Å²) in [6, 6.07) is 10.2. The second kappa shape index (κ2) is 5.47. The van der Waals surface area contributed by atoms with Crippen LogP contribution in [0.3, 0.4) is 0 Å². The van der Waals surface area contributed by atoms with E-state index in [0.29, 0.717) is 6.10 Å². The molecule has 3 nitrogen and oxygen atoms in total. The fourth-order valence-electron chi connectivity index (χ4n) is 2.22. The first-order valence-corrected chi connectivity index (χ1v) is 6.81. The molecule has 1 aliphatic carbocycles. The number of benzene rings is 1. The predicted molar refractivity (Wildman–Crippen MR) is 83.0 cm³/mol. The normalized spacial score (nSPS) is 21.1. The Kier molecular flexibility index (Phi) is 3.52. The van der Waals surface area contributed by atoms with Gasteiger partial charge in [0.05, 0.1) is 24.6 Å². The molecule has 1 aliphatic heterocycles. The van der Waals surface area contributed by atoms with E-state index in [9.17, 15) is 0 Å². The minimum atomic E-state index is 0.297. The molecule has 102 valence electrons. The van der Waals surface area contributed by atoms with Crippen molar-refractivity contribution in [1.82, 2.24) is 0 Å². The van der Waals surface area contributed by atoms with Gasteiger partial charge < -0.3 is 4.74 Å². The van der Waals surface area contributed by atoms with Gasteiger partial charge in [0, 0.05) is 5.57 Å². The van der Waals surface area contributed by atoms with Crippen molar-refractivity contribution >= 4 is 11.4 Å². The highest BCUT2D eigenvalue weighted by molar-refractivity contribution is 6.04. The highest BCUT2D eigenvalue weighted by Gasteiger charge is 2.26. The van der Waals surface area contributed by atoms with Crippen molar-refractivity contribution in [1.29, 1.82) is 0 Å². The molecular weight excluding hydrogens is 248 g/mol. The van der Waals surface area contributed by atoms with E-state index in [1.807, 2.05) is 42.3 Å². The van der Waals surface area contributed by atoms with Gasteiger partial charge in [0.15, 0.2) is 0 Å². The van der Waals surface area contributed by atoms with Crippen molar-refractivity contribution in [3.63, 3.8) is 0 Å². The SMILES string of the molecule is C=C1C=CC=C1/C(C)=N/N(CC1CO1)c1ccccc1. The van der Waals surface area contributed by atoms with E-state index in [-0.39, 0.29) is 0 Å². The van der Waals surface area contributed by atoms with Crippen LogP contribution in [0.2, 0.25) is 0 Å². The molecule has 2 aliphatic rings. The number of para-hydroxylation sites is 1. The van der Waals surface area contributed by atoms with E-state index in [0.717, 1.165) is 35.7 Å². The molecule has 0 saturated carbocycles. The van der Waals surface area contributed by atoms with Crippen molar-refractivity contribution in [2.75, 3.05) is 18.2 Å². The lowest BCUT2D eigenvalue weighted by molar-refractivity contribution is 0.408. The molecule has 1 aromatic carbocycles. The van der Waals surface area contributed by atoms with Crippen LogP contribution in [0.1, 0.15) is 6.92 Å². The molecule has 0 bridgehead atoms. The first kappa shape index (κ1) is 12.9. The van der Waals surface area contributed by atoms with Crippen molar-refractivity contribution in [2.24, 2.45) is 5.10 Å². The Bertz CT molecular complexity index is 595. The summed E-state index contributed by atoms with van der Waals surface area (Å²) < 4.78 is 5.33. The van der Waals surface area contributed by atoms with Gasteiger partial charge in [0.25, 0.3) is 0 Å². The lowest BCUT2D eigenvalue weighted by Gasteiger charge is -2.20. The molecule has 0 N–H and O–H groups in total. The van der Waals surface area contributed by atoms with Crippen LogP contribution in [-0.4, -0.2) is 25.0 Å². The third kappa shape index (κ3) is 2.89. The average Bonchev–Trinajstić information content (AvgIpc) is 3.18. The van der Waals surface area contributed by atoms with Crippen LogP contribution in [0.4, 0.5) is 5.69 Å². The maximum Gasteiger partial charge on any atom is 0.101 e. The van der Waals surface area contributed by atoms with Crippen LogP contribution in [0.5, 0.6) is 0 Å². The second-order valence-corrected chi connectivity index (χ2v) is 5.02. The van der Waals surface area contributed by atoms with E-state index < -0.39 is 0 Å². The topological polar surface area (TPSA) is 28.1 Å². The smallest absolute Gasteiger partial charge is 0.101 e. The molecule has 1 fully saturated rings. The number of hydrogen-bond acceptors (Lipinski definition) is 3. The van der Waals surface area contributed by atoms with Crippen molar-refractivity contribution in [3.8, 4) is 0 Å². The van der Waals surface area contributed by atoms with E-state index >= 15 is 0 Å². The maximum atomic E-state index is 5.33. The number of hydrazone groups is 1. The number of nitrogens with zero attached hydrogens (tertiary/aromatic N) is 2. The first-order valence-electron chi connectivity index (χ1n) is 6.81. The number of rotatable bonds is 5. The van der Waals surface area contributed by atoms with Gasteiger partial charge in [0.1, 0.15) is 6.10 Å². The molecule has 1 heterocycles. The standard InChI is InChI=1S/C17H18N2O/c1-13-7-6-10-17(13)14(2)18-19(11-16-12-20-16)15-8-4-3-5-9-15/h3-10,16H,1,11-12H2,2H3/b18-14+. The minimum absolute atomic E-state index is 0.297. The molecule has 1 saturated heterocycles. The monoisotopic (exact) mass is 266 g/mol. The zero-order valence-corrected chi connectivity index (χ0v) is 11.6. The predicted octanol–water partition coefficient (Wildman–Crippen LogP) is 3.32. The third-order valence-electron chi connectivity index (χ3n) is 3.40. The van der Waals surface area contributed by atoms with Crippen molar-refractivity contribution in [3.05, 3.63) is 66.3 Å². The number of epoxide rings is 1. The molecule has 1 atom stereocenters. The third-order valence-corrected chi connectivity index (χ3v) is 3.40. The van der Waals surface area contributed by atoms with Crippen LogP contribution in [0, 0.1) is 0 Å². The quantitative estimate of drug-likeness (QED) is 0.464. The molecule has 3 heteroatoms. The van der Waals surface area contributed by atoms with Gasteiger partial charge in [-0.15, -0.1) is 0 Å². The molecule has 1 unspecified atom stereocenters. The largest absolute Gasteiger partial charge is 0.371 e. The Morgan fingerprint density at radius 3 is 2.75 bits per heavy atom. The Balaban J connectivity index is 1.84. The molecule has 3 rings (SSSR count). The molecule has 0 amide bonds. The van der Waals surface area contributed by atoms with Gasteiger partial charge in [-0.2, -0.15) is 5.10 Å². The van der Waals surface area contributed by atoms with E-state index in [1.165, 1.54) is 0 Å².